The fourth-order valence-corrected chi connectivity index (χ4v) is 3.19. The van der Waals surface area contributed by atoms with Gasteiger partial charge in [0.05, 0.1) is 13.2 Å². The van der Waals surface area contributed by atoms with Gasteiger partial charge in [0.15, 0.2) is 0 Å². The quantitative estimate of drug-likeness (QED) is 0.595. The average molecular weight is 287 g/mol. The van der Waals surface area contributed by atoms with Gasteiger partial charge in [0, 0.05) is 6.04 Å². The minimum absolute atomic E-state index is 0.127. The van der Waals surface area contributed by atoms with Crippen LogP contribution in [-0.4, -0.2) is 36.6 Å². The molecular weight excluding hydrogens is 262 g/mol. The molecule has 21 heavy (non-hydrogen) atoms. The lowest BCUT2D eigenvalue weighted by Crippen LogP contribution is -2.39. The number of ether oxygens (including phenoxy) is 1. The molecule has 1 aliphatic heterocycles. The standard InChI is InChI=1S/C18H25NO2/c1-4-21-18(20)13-19-11-10-16(14(2)3)17(19)12-15-8-6-5-7-9-15/h5-9,16-17H,2,4,10-13H2,1,3H3. The van der Waals surface area contributed by atoms with Crippen LogP contribution in [-0.2, 0) is 16.0 Å². The molecule has 0 spiro atoms. The number of esters is 1. The molecule has 1 heterocycles. The van der Waals surface area contributed by atoms with E-state index in [1.807, 2.05) is 13.0 Å². The van der Waals surface area contributed by atoms with E-state index in [1.54, 1.807) is 0 Å². The minimum Gasteiger partial charge on any atom is -0.465 e. The molecule has 1 aromatic carbocycles. The second-order valence-corrected chi connectivity index (χ2v) is 5.77. The van der Waals surface area contributed by atoms with E-state index in [0.29, 0.717) is 25.1 Å². The zero-order valence-electron chi connectivity index (χ0n) is 13.0. The zero-order valence-corrected chi connectivity index (χ0v) is 13.0. The van der Waals surface area contributed by atoms with E-state index >= 15 is 0 Å². The summed E-state index contributed by atoms with van der Waals surface area (Å²) in [5.41, 5.74) is 2.52. The van der Waals surface area contributed by atoms with Crippen molar-refractivity contribution in [3.8, 4) is 0 Å². The van der Waals surface area contributed by atoms with Crippen molar-refractivity contribution in [3.05, 3.63) is 48.0 Å². The Balaban J connectivity index is 2.09. The molecule has 2 unspecified atom stereocenters. The highest BCUT2D eigenvalue weighted by Gasteiger charge is 2.35. The average Bonchev–Trinajstić information content (AvgIpc) is 2.83. The van der Waals surface area contributed by atoms with Crippen LogP contribution < -0.4 is 0 Å². The third kappa shape index (κ3) is 4.18. The molecule has 2 rings (SSSR count). The fourth-order valence-electron chi connectivity index (χ4n) is 3.19. The first-order chi connectivity index (χ1) is 10.1. The Morgan fingerprint density at radius 3 is 2.71 bits per heavy atom. The lowest BCUT2D eigenvalue weighted by atomic mass is 9.89. The summed E-state index contributed by atoms with van der Waals surface area (Å²) in [6.07, 6.45) is 2.03. The molecular formula is C18H25NO2. The maximum atomic E-state index is 11.8. The van der Waals surface area contributed by atoms with Gasteiger partial charge < -0.3 is 4.74 Å². The highest BCUT2D eigenvalue weighted by atomic mass is 16.5. The Labute approximate surface area is 127 Å². The van der Waals surface area contributed by atoms with Gasteiger partial charge in [-0.25, -0.2) is 0 Å². The number of likely N-dealkylation sites (tertiary alicyclic amines) is 1. The second-order valence-electron chi connectivity index (χ2n) is 5.77. The molecule has 0 N–H and O–H groups in total. The van der Waals surface area contributed by atoms with E-state index in [-0.39, 0.29) is 5.97 Å². The molecule has 114 valence electrons. The number of hydrogen-bond acceptors (Lipinski definition) is 3. The molecule has 1 saturated heterocycles. The first kappa shape index (κ1) is 15.8. The molecule has 0 bridgehead atoms. The van der Waals surface area contributed by atoms with Crippen molar-refractivity contribution in [1.82, 2.24) is 4.90 Å². The fraction of sp³-hybridized carbons (Fsp3) is 0.500. The molecule has 1 aromatic rings. The van der Waals surface area contributed by atoms with Gasteiger partial charge in [-0.1, -0.05) is 42.5 Å². The third-order valence-electron chi connectivity index (χ3n) is 4.22. The molecule has 2 atom stereocenters. The van der Waals surface area contributed by atoms with E-state index in [9.17, 15) is 4.79 Å². The number of rotatable bonds is 6. The Bertz CT molecular complexity index is 483. The SMILES string of the molecule is C=C(C)C1CCN(CC(=O)OCC)C1Cc1ccccc1. The van der Waals surface area contributed by atoms with Gasteiger partial charge in [-0.15, -0.1) is 0 Å². The third-order valence-corrected chi connectivity index (χ3v) is 4.22. The normalized spacial score (nSPS) is 22.2. The van der Waals surface area contributed by atoms with Gasteiger partial charge in [-0.2, -0.15) is 0 Å². The van der Waals surface area contributed by atoms with E-state index in [1.165, 1.54) is 11.1 Å². The van der Waals surface area contributed by atoms with Crippen molar-refractivity contribution in [3.63, 3.8) is 0 Å². The summed E-state index contributed by atoms with van der Waals surface area (Å²) in [5, 5.41) is 0. The summed E-state index contributed by atoms with van der Waals surface area (Å²) in [6, 6.07) is 10.8. The van der Waals surface area contributed by atoms with Gasteiger partial charge in [0.1, 0.15) is 0 Å². The predicted molar refractivity (Wildman–Crippen MR) is 85.1 cm³/mol. The summed E-state index contributed by atoms with van der Waals surface area (Å²) < 4.78 is 5.10. The molecule has 3 heteroatoms. The maximum absolute atomic E-state index is 11.8. The predicted octanol–water partition coefficient (Wildman–Crippen LogP) is 3.06. The van der Waals surface area contributed by atoms with Crippen LogP contribution in [0.3, 0.4) is 0 Å². The van der Waals surface area contributed by atoms with Crippen molar-refractivity contribution in [2.45, 2.75) is 32.7 Å². The summed E-state index contributed by atoms with van der Waals surface area (Å²) in [4.78, 5) is 14.0. The molecule has 0 aliphatic carbocycles. The summed E-state index contributed by atoms with van der Waals surface area (Å²) >= 11 is 0. The van der Waals surface area contributed by atoms with E-state index < -0.39 is 0 Å². The summed E-state index contributed by atoms with van der Waals surface area (Å²) in [5.74, 6) is 0.331. The lowest BCUT2D eigenvalue weighted by molar-refractivity contribution is -0.144. The lowest BCUT2D eigenvalue weighted by Gasteiger charge is -2.28. The molecule has 0 radical (unpaired) electrons. The van der Waals surface area contributed by atoms with Gasteiger partial charge in [0.2, 0.25) is 0 Å². The highest BCUT2D eigenvalue weighted by molar-refractivity contribution is 5.71. The molecule has 1 aliphatic rings. The zero-order chi connectivity index (χ0) is 15.2. The van der Waals surface area contributed by atoms with Gasteiger partial charge >= 0.3 is 5.97 Å². The number of carbonyl (C=O) groups excluding carboxylic acids is 1. The van der Waals surface area contributed by atoms with Crippen LogP contribution in [0.5, 0.6) is 0 Å². The van der Waals surface area contributed by atoms with Crippen molar-refractivity contribution in [2.75, 3.05) is 19.7 Å². The van der Waals surface area contributed by atoms with Crippen LogP contribution in [0.2, 0.25) is 0 Å². The maximum Gasteiger partial charge on any atom is 0.320 e. The van der Waals surface area contributed by atoms with E-state index in [4.69, 9.17) is 4.74 Å². The number of carbonyl (C=O) groups is 1. The first-order valence-electron chi connectivity index (χ1n) is 7.70. The Morgan fingerprint density at radius 1 is 1.38 bits per heavy atom. The van der Waals surface area contributed by atoms with Gasteiger partial charge in [-0.05, 0) is 44.7 Å². The van der Waals surface area contributed by atoms with Gasteiger partial charge in [0.25, 0.3) is 0 Å². The molecule has 3 nitrogen and oxygen atoms in total. The monoisotopic (exact) mass is 287 g/mol. The molecule has 0 amide bonds. The van der Waals surface area contributed by atoms with Crippen molar-refractivity contribution in [1.29, 1.82) is 0 Å². The molecule has 0 saturated carbocycles. The van der Waals surface area contributed by atoms with Crippen LogP contribution in [0.1, 0.15) is 25.8 Å². The number of nitrogens with zero attached hydrogens (tertiary/aromatic N) is 1. The van der Waals surface area contributed by atoms with Crippen molar-refractivity contribution >= 4 is 5.97 Å². The van der Waals surface area contributed by atoms with Crippen LogP contribution >= 0.6 is 0 Å². The summed E-state index contributed by atoms with van der Waals surface area (Å²) in [7, 11) is 0. The Morgan fingerprint density at radius 2 is 2.10 bits per heavy atom. The van der Waals surface area contributed by atoms with E-state index in [2.05, 4.69) is 42.7 Å². The topological polar surface area (TPSA) is 29.5 Å². The first-order valence-corrected chi connectivity index (χ1v) is 7.70. The van der Waals surface area contributed by atoms with Gasteiger partial charge in [-0.3, -0.25) is 9.69 Å². The smallest absolute Gasteiger partial charge is 0.320 e. The van der Waals surface area contributed by atoms with Crippen LogP contribution in [0.25, 0.3) is 0 Å². The second kappa shape index (κ2) is 7.41. The largest absolute Gasteiger partial charge is 0.465 e. The van der Waals surface area contributed by atoms with Crippen LogP contribution in [0.15, 0.2) is 42.5 Å². The molecule has 1 fully saturated rings. The molecule has 0 aromatic heterocycles. The van der Waals surface area contributed by atoms with E-state index in [0.717, 1.165) is 19.4 Å². The number of hydrogen-bond donors (Lipinski definition) is 0. The minimum atomic E-state index is -0.127. The highest BCUT2D eigenvalue weighted by Crippen LogP contribution is 2.31. The number of benzene rings is 1. The van der Waals surface area contributed by atoms with Crippen molar-refractivity contribution in [2.24, 2.45) is 5.92 Å². The van der Waals surface area contributed by atoms with Crippen LogP contribution in [0.4, 0.5) is 0 Å². The van der Waals surface area contributed by atoms with Crippen molar-refractivity contribution < 1.29 is 9.53 Å². The summed E-state index contributed by atoms with van der Waals surface area (Å²) in [6.45, 7) is 9.84. The van der Waals surface area contributed by atoms with Crippen LogP contribution in [0, 0.1) is 5.92 Å². The Hall–Kier alpha value is -1.61. The Kier molecular flexibility index (Phi) is 5.57.